The largest absolute Gasteiger partial charge is 0.507 e. The zero-order valence-electron chi connectivity index (χ0n) is 12.2. The minimum Gasteiger partial charge on any atom is -0.507 e. The molecule has 0 atom stereocenters. The van der Waals surface area contributed by atoms with Gasteiger partial charge in [0.15, 0.2) is 0 Å². The lowest BCUT2D eigenvalue weighted by Gasteiger charge is -2.07. The molecule has 2 aromatic rings. The maximum Gasteiger partial charge on any atom is 0.255 e. The normalized spacial score (nSPS) is 10.3. The van der Waals surface area contributed by atoms with E-state index in [9.17, 15) is 19.1 Å². The molecule has 0 fully saturated rings. The molecule has 6 heteroatoms. The lowest BCUT2D eigenvalue weighted by Crippen LogP contribution is -2.26. The molecule has 2 N–H and O–H groups in total. The van der Waals surface area contributed by atoms with Crippen molar-refractivity contribution in [2.24, 2.45) is 0 Å². The molecule has 0 aliphatic carbocycles. The molecule has 120 valence electrons. The summed E-state index contributed by atoms with van der Waals surface area (Å²) in [5, 5.41) is 12.2. The van der Waals surface area contributed by atoms with Crippen LogP contribution in [0.5, 0.6) is 5.75 Å². The molecule has 0 aliphatic heterocycles. The topological polar surface area (TPSA) is 66.4 Å². The fourth-order valence-electron chi connectivity index (χ4n) is 2.04. The van der Waals surface area contributed by atoms with Crippen LogP contribution in [0.25, 0.3) is 0 Å². The molecule has 0 radical (unpaired) electrons. The Morgan fingerprint density at radius 3 is 2.61 bits per heavy atom. The quantitative estimate of drug-likeness (QED) is 0.809. The van der Waals surface area contributed by atoms with Crippen molar-refractivity contribution >= 4 is 27.6 Å². The second-order valence-corrected chi connectivity index (χ2v) is 5.83. The highest BCUT2D eigenvalue weighted by Gasteiger charge is 2.11. The first kappa shape index (κ1) is 17.1. The van der Waals surface area contributed by atoms with Crippen LogP contribution < -0.4 is 5.32 Å². The van der Waals surface area contributed by atoms with Gasteiger partial charge in [-0.15, -0.1) is 0 Å². The molecule has 0 unspecified atom stereocenters. The number of phenols is 1. The smallest absolute Gasteiger partial charge is 0.255 e. The molecule has 23 heavy (non-hydrogen) atoms. The van der Waals surface area contributed by atoms with Gasteiger partial charge in [-0.1, -0.05) is 34.1 Å². The number of carbonyl (C=O) groups excluding carboxylic acids is 2. The van der Waals surface area contributed by atoms with Crippen LogP contribution >= 0.6 is 15.9 Å². The van der Waals surface area contributed by atoms with Gasteiger partial charge in [0, 0.05) is 23.9 Å². The van der Waals surface area contributed by atoms with Gasteiger partial charge in [-0.05, 0) is 29.8 Å². The average Bonchev–Trinajstić information content (AvgIpc) is 2.50. The predicted octanol–water partition coefficient (Wildman–Crippen LogP) is 3.23. The van der Waals surface area contributed by atoms with E-state index in [0.717, 1.165) is 0 Å². The number of hydrogen-bond donors (Lipinski definition) is 2. The number of benzene rings is 2. The molecule has 0 heterocycles. The number of nitrogens with one attached hydrogen (secondary N) is 1. The molecule has 4 nitrogen and oxygen atoms in total. The van der Waals surface area contributed by atoms with Crippen LogP contribution in [-0.2, 0) is 11.2 Å². The van der Waals surface area contributed by atoms with E-state index in [2.05, 4.69) is 21.2 Å². The highest BCUT2D eigenvalue weighted by molar-refractivity contribution is 9.10. The summed E-state index contributed by atoms with van der Waals surface area (Å²) in [7, 11) is 0. The molecule has 0 saturated heterocycles. The maximum atomic E-state index is 13.0. The Labute approximate surface area is 141 Å². The Balaban J connectivity index is 1.83. The fourth-order valence-corrected chi connectivity index (χ4v) is 2.53. The molecule has 0 saturated carbocycles. The van der Waals surface area contributed by atoms with Gasteiger partial charge in [-0.2, -0.15) is 0 Å². The van der Waals surface area contributed by atoms with Gasteiger partial charge >= 0.3 is 0 Å². The maximum absolute atomic E-state index is 13.0. The van der Waals surface area contributed by atoms with Gasteiger partial charge in [0.1, 0.15) is 17.3 Å². The van der Waals surface area contributed by atoms with Gasteiger partial charge in [-0.3, -0.25) is 9.59 Å². The second-order valence-electron chi connectivity index (χ2n) is 4.97. The fraction of sp³-hybridized carbons (Fsp3) is 0.176. The molecule has 0 aliphatic rings. The van der Waals surface area contributed by atoms with Crippen LogP contribution in [0.3, 0.4) is 0 Å². The first-order chi connectivity index (χ1) is 11.0. The number of Topliss-reactive ketones (excluding diaryl/α,β-unsaturated/α-hetero) is 1. The van der Waals surface area contributed by atoms with E-state index >= 15 is 0 Å². The van der Waals surface area contributed by atoms with Crippen molar-refractivity contribution in [3.8, 4) is 5.75 Å². The molecule has 0 bridgehead atoms. The highest BCUT2D eigenvalue weighted by atomic mass is 79.9. The van der Waals surface area contributed by atoms with Gasteiger partial charge in [-0.25, -0.2) is 4.39 Å². The molecule has 2 aromatic carbocycles. The van der Waals surface area contributed by atoms with Crippen LogP contribution in [0.4, 0.5) is 4.39 Å². The van der Waals surface area contributed by atoms with Crippen LogP contribution in [-0.4, -0.2) is 23.3 Å². The molecular weight excluding hydrogens is 365 g/mol. The summed E-state index contributed by atoms with van der Waals surface area (Å²) in [6, 6.07) is 10.4. The summed E-state index contributed by atoms with van der Waals surface area (Å²) in [5.74, 6) is -0.983. The van der Waals surface area contributed by atoms with E-state index < -0.39 is 5.91 Å². The minimum absolute atomic E-state index is 0.0742. The van der Waals surface area contributed by atoms with Crippen LogP contribution in [0, 0.1) is 5.82 Å². The van der Waals surface area contributed by atoms with E-state index in [1.54, 1.807) is 18.2 Å². The van der Waals surface area contributed by atoms with Crippen molar-refractivity contribution in [1.82, 2.24) is 5.32 Å². The van der Waals surface area contributed by atoms with E-state index in [1.165, 1.54) is 24.3 Å². The Kier molecular flexibility index (Phi) is 5.87. The number of aromatic hydroxyl groups is 1. The van der Waals surface area contributed by atoms with Gasteiger partial charge in [0.2, 0.25) is 0 Å². The highest BCUT2D eigenvalue weighted by Crippen LogP contribution is 2.19. The van der Waals surface area contributed by atoms with E-state index in [0.29, 0.717) is 10.0 Å². The zero-order chi connectivity index (χ0) is 16.8. The van der Waals surface area contributed by atoms with E-state index in [1.807, 2.05) is 0 Å². The number of halogens is 2. The van der Waals surface area contributed by atoms with Crippen molar-refractivity contribution in [2.45, 2.75) is 12.8 Å². The third kappa shape index (κ3) is 4.89. The number of phenolic OH excluding ortho intramolecular Hbond substituents is 1. The van der Waals surface area contributed by atoms with Gasteiger partial charge < -0.3 is 10.4 Å². The summed E-state index contributed by atoms with van der Waals surface area (Å²) >= 11 is 3.22. The second kappa shape index (κ2) is 7.87. The predicted molar refractivity (Wildman–Crippen MR) is 87.9 cm³/mol. The summed E-state index contributed by atoms with van der Waals surface area (Å²) < 4.78 is 13.5. The number of carbonyl (C=O) groups is 2. The van der Waals surface area contributed by atoms with Crippen molar-refractivity contribution in [2.75, 3.05) is 6.54 Å². The number of para-hydroxylation sites is 1. The van der Waals surface area contributed by atoms with Gasteiger partial charge in [0.25, 0.3) is 5.91 Å². The third-order valence-corrected chi connectivity index (χ3v) is 3.98. The van der Waals surface area contributed by atoms with Crippen LogP contribution in [0.15, 0.2) is 46.9 Å². The lowest BCUT2D eigenvalue weighted by atomic mass is 10.1. The zero-order valence-corrected chi connectivity index (χ0v) is 13.8. The molecular formula is C17H15BrFNO3. The third-order valence-electron chi connectivity index (χ3n) is 3.24. The average molecular weight is 380 g/mol. The summed E-state index contributed by atoms with van der Waals surface area (Å²) in [6.45, 7) is 0.171. The monoisotopic (exact) mass is 379 g/mol. The number of rotatable bonds is 6. The van der Waals surface area contributed by atoms with Crippen LogP contribution in [0.1, 0.15) is 22.3 Å². The van der Waals surface area contributed by atoms with Gasteiger partial charge in [0.05, 0.1) is 5.56 Å². The minimum atomic E-state index is -0.432. The summed E-state index contributed by atoms with van der Waals surface area (Å²) in [4.78, 5) is 23.8. The molecule has 2 rings (SSSR count). The summed E-state index contributed by atoms with van der Waals surface area (Å²) in [5.41, 5.74) is 0.865. The number of hydrogen-bond acceptors (Lipinski definition) is 3. The van der Waals surface area contributed by atoms with Crippen molar-refractivity contribution < 1.29 is 19.1 Å². The Hall–Kier alpha value is -2.21. The first-order valence-electron chi connectivity index (χ1n) is 6.99. The Bertz CT molecular complexity index is 734. The number of amides is 1. The Morgan fingerprint density at radius 1 is 1.17 bits per heavy atom. The SMILES string of the molecule is O=C(CCNC(=O)c1ccccc1O)Cc1ccc(F)cc1Br. The van der Waals surface area contributed by atoms with Crippen molar-refractivity contribution in [3.63, 3.8) is 0 Å². The molecule has 0 spiro atoms. The number of ketones is 1. The van der Waals surface area contributed by atoms with Crippen LogP contribution in [0.2, 0.25) is 0 Å². The lowest BCUT2D eigenvalue weighted by molar-refractivity contribution is -0.118. The van der Waals surface area contributed by atoms with E-state index in [4.69, 9.17) is 0 Å². The van der Waals surface area contributed by atoms with E-state index in [-0.39, 0.29) is 42.3 Å². The first-order valence-corrected chi connectivity index (χ1v) is 7.78. The molecule has 1 amide bonds. The standard InChI is InChI=1S/C17H15BrFNO3/c18-15-10-12(19)6-5-11(15)9-13(21)7-8-20-17(23)14-3-1-2-4-16(14)22/h1-6,10,22H,7-9H2,(H,20,23). The summed E-state index contributed by atoms with van der Waals surface area (Å²) in [6.07, 6.45) is 0.316. The molecule has 0 aromatic heterocycles. The van der Waals surface area contributed by atoms with Crippen molar-refractivity contribution in [3.05, 3.63) is 63.9 Å². The van der Waals surface area contributed by atoms with Crippen molar-refractivity contribution in [1.29, 1.82) is 0 Å². The Morgan fingerprint density at radius 2 is 1.91 bits per heavy atom.